The van der Waals surface area contributed by atoms with E-state index >= 15 is 0 Å². The molecule has 0 aliphatic rings. The first-order valence-corrected chi connectivity index (χ1v) is 7.61. The average molecular weight is 286 g/mol. The van der Waals surface area contributed by atoms with Gasteiger partial charge in [-0.25, -0.2) is 0 Å². The Kier molecular flexibility index (Phi) is 4.10. The second-order valence-electron chi connectivity index (χ2n) is 4.76. The van der Waals surface area contributed by atoms with E-state index < -0.39 is 0 Å². The van der Waals surface area contributed by atoms with Crippen LogP contribution in [-0.2, 0) is 0 Å². The number of rotatable bonds is 1. The third-order valence-electron chi connectivity index (χ3n) is 3.55. The Hall–Kier alpha value is -2.74. The molecule has 0 bridgehead atoms. The fourth-order valence-corrected chi connectivity index (χ4v) is 2.63. The Labute approximate surface area is 130 Å². The predicted molar refractivity (Wildman–Crippen MR) is 93.8 cm³/mol. The van der Waals surface area contributed by atoms with Gasteiger partial charge in [0.1, 0.15) is 0 Å². The van der Waals surface area contributed by atoms with E-state index in [1.165, 1.54) is 11.1 Å². The summed E-state index contributed by atoms with van der Waals surface area (Å²) in [6, 6.07) is 20.7. The van der Waals surface area contributed by atoms with Crippen LogP contribution < -0.4 is 0 Å². The van der Waals surface area contributed by atoms with Gasteiger partial charge in [0.05, 0.1) is 11.0 Å². The molecular weight excluding hydrogens is 268 g/mol. The van der Waals surface area contributed by atoms with Crippen molar-refractivity contribution in [3.05, 3.63) is 73.1 Å². The summed E-state index contributed by atoms with van der Waals surface area (Å²) in [5.41, 5.74) is 4.33. The molecule has 0 aliphatic carbocycles. The normalized spacial score (nSPS) is 10.3. The van der Waals surface area contributed by atoms with Gasteiger partial charge in [-0.2, -0.15) is 0 Å². The molecule has 22 heavy (non-hydrogen) atoms. The van der Waals surface area contributed by atoms with Gasteiger partial charge in [0.2, 0.25) is 0 Å². The minimum atomic E-state index is 0.961. The summed E-state index contributed by atoms with van der Waals surface area (Å²) >= 11 is 0. The second-order valence-corrected chi connectivity index (χ2v) is 4.76. The van der Waals surface area contributed by atoms with Crippen molar-refractivity contribution in [3.8, 4) is 11.1 Å². The van der Waals surface area contributed by atoms with Crippen LogP contribution >= 0.6 is 0 Å². The first kappa shape index (κ1) is 14.2. The largest absolute Gasteiger partial charge is 0.254 e. The van der Waals surface area contributed by atoms with Gasteiger partial charge in [-0.15, -0.1) is 0 Å². The zero-order valence-corrected chi connectivity index (χ0v) is 12.8. The van der Waals surface area contributed by atoms with Gasteiger partial charge in [-0.3, -0.25) is 9.97 Å². The molecule has 2 nitrogen and oxygen atoms in total. The van der Waals surface area contributed by atoms with Crippen LogP contribution in [-0.4, -0.2) is 9.97 Å². The SMILES string of the molecule is CC.c1ccc(-c2cc3cccnc3c3ncccc23)cc1. The highest BCUT2D eigenvalue weighted by atomic mass is 14.7. The lowest BCUT2D eigenvalue weighted by atomic mass is 9.98. The molecule has 2 aromatic carbocycles. The van der Waals surface area contributed by atoms with Gasteiger partial charge in [0.25, 0.3) is 0 Å². The van der Waals surface area contributed by atoms with E-state index in [4.69, 9.17) is 0 Å². The van der Waals surface area contributed by atoms with Gasteiger partial charge in [0.15, 0.2) is 0 Å². The summed E-state index contributed by atoms with van der Waals surface area (Å²) < 4.78 is 0. The van der Waals surface area contributed by atoms with Gasteiger partial charge in [0, 0.05) is 23.2 Å². The molecule has 108 valence electrons. The van der Waals surface area contributed by atoms with Crippen LogP contribution in [0.1, 0.15) is 13.8 Å². The molecule has 0 spiro atoms. The highest BCUT2D eigenvalue weighted by Gasteiger charge is 2.09. The van der Waals surface area contributed by atoms with Crippen LogP contribution in [0.4, 0.5) is 0 Å². The van der Waals surface area contributed by atoms with Crippen molar-refractivity contribution < 1.29 is 0 Å². The number of benzene rings is 2. The number of fused-ring (bicyclic) bond motifs is 3. The maximum absolute atomic E-state index is 4.53. The number of pyridine rings is 2. The fourth-order valence-electron chi connectivity index (χ4n) is 2.63. The summed E-state index contributed by atoms with van der Waals surface area (Å²) in [5, 5.41) is 2.27. The standard InChI is InChI=1S/C18H12N2.C2H6/c1-2-6-13(7-3-1)16-12-14-8-4-10-19-17(14)18-15(16)9-5-11-20-18;1-2/h1-12H;1-2H3. The van der Waals surface area contributed by atoms with Gasteiger partial charge >= 0.3 is 0 Å². The zero-order valence-electron chi connectivity index (χ0n) is 12.8. The molecule has 0 saturated carbocycles. The molecule has 2 heteroatoms. The summed E-state index contributed by atoms with van der Waals surface area (Å²) in [4.78, 5) is 9.01. The molecule has 0 atom stereocenters. The summed E-state index contributed by atoms with van der Waals surface area (Å²) in [7, 11) is 0. The van der Waals surface area contributed by atoms with E-state index in [0.717, 1.165) is 21.8 Å². The molecule has 0 radical (unpaired) electrons. The molecule has 0 N–H and O–H groups in total. The Balaban J connectivity index is 0.000000693. The highest BCUT2D eigenvalue weighted by molar-refractivity contribution is 6.09. The Morgan fingerprint density at radius 3 is 2.14 bits per heavy atom. The van der Waals surface area contributed by atoms with E-state index in [1.54, 1.807) is 0 Å². The topological polar surface area (TPSA) is 25.8 Å². The molecule has 0 amide bonds. The first-order chi connectivity index (χ1) is 10.9. The van der Waals surface area contributed by atoms with Crippen LogP contribution in [0.25, 0.3) is 32.9 Å². The second kappa shape index (κ2) is 6.35. The molecule has 0 saturated heterocycles. The molecule has 2 aromatic heterocycles. The van der Waals surface area contributed by atoms with Crippen LogP contribution in [0.15, 0.2) is 73.1 Å². The third kappa shape index (κ3) is 2.44. The van der Waals surface area contributed by atoms with E-state index in [0.29, 0.717) is 0 Å². The van der Waals surface area contributed by atoms with Crippen LogP contribution in [0.5, 0.6) is 0 Å². The summed E-state index contributed by atoms with van der Waals surface area (Å²) in [6.45, 7) is 4.00. The van der Waals surface area contributed by atoms with Crippen molar-refractivity contribution in [1.29, 1.82) is 0 Å². The number of nitrogens with zero attached hydrogens (tertiary/aromatic N) is 2. The predicted octanol–water partition coefficient (Wildman–Crippen LogP) is 5.48. The molecule has 0 fully saturated rings. The van der Waals surface area contributed by atoms with Crippen molar-refractivity contribution in [3.63, 3.8) is 0 Å². The van der Waals surface area contributed by atoms with Crippen molar-refractivity contribution in [1.82, 2.24) is 9.97 Å². The monoisotopic (exact) mass is 286 g/mol. The maximum Gasteiger partial charge on any atom is 0.0970 e. The maximum atomic E-state index is 4.53. The third-order valence-corrected chi connectivity index (χ3v) is 3.55. The highest BCUT2D eigenvalue weighted by Crippen LogP contribution is 2.32. The molecule has 2 heterocycles. The number of aromatic nitrogens is 2. The summed E-state index contributed by atoms with van der Waals surface area (Å²) in [5.74, 6) is 0. The minimum Gasteiger partial charge on any atom is -0.254 e. The number of hydrogen-bond acceptors (Lipinski definition) is 2. The van der Waals surface area contributed by atoms with E-state index in [1.807, 2.05) is 44.4 Å². The Morgan fingerprint density at radius 2 is 1.36 bits per heavy atom. The van der Waals surface area contributed by atoms with E-state index in [9.17, 15) is 0 Å². The average Bonchev–Trinajstić information content (AvgIpc) is 2.63. The van der Waals surface area contributed by atoms with Crippen LogP contribution in [0, 0.1) is 0 Å². The minimum absolute atomic E-state index is 0.961. The molecule has 4 aromatic rings. The van der Waals surface area contributed by atoms with Crippen molar-refractivity contribution in [2.45, 2.75) is 13.8 Å². The van der Waals surface area contributed by atoms with Crippen molar-refractivity contribution in [2.24, 2.45) is 0 Å². The van der Waals surface area contributed by atoms with Gasteiger partial charge in [-0.1, -0.05) is 56.3 Å². The molecule has 4 rings (SSSR count). The van der Waals surface area contributed by atoms with Crippen LogP contribution in [0.2, 0.25) is 0 Å². The van der Waals surface area contributed by atoms with Crippen LogP contribution in [0.3, 0.4) is 0 Å². The smallest absolute Gasteiger partial charge is 0.0970 e. The molecule has 0 unspecified atom stereocenters. The summed E-state index contributed by atoms with van der Waals surface area (Å²) in [6.07, 6.45) is 3.64. The van der Waals surface area contributed by atoms with Gasteiger partial charge in [-0.05, 0) is 29.3 Å². The lowest BCUT2D eigenvalue weighted by Crippen LogP contribution is -1.88. The quantitative estimate of drug-likeness (QED) is 0.433. The lowest BCUT2D eigenvalue weighted by molar-refractivity contribution is 1.37. The van der Waals surface area contributed by atoms with E-state index in [2.05, 4.69) is 52.4 Å². The molecule has 0 aliphatic heterocycles. The fraction of sp³-hybridized carbons (Fsp3) is 0.100. The molecular formula is C20H18N2. The Bertz CT molecular complexity index is 899. The zero-order chi connectivity index (χ0) is 15.4. The first-order valence-electron chi connectivity index (χ1n) is 7.61. The Morgan fingerprint density at radius 1 is 0.682 bits per heavy atom. The number of hydrogen-bond donors (Lipinski definition) is 0. The van der Waals surface area contributed by atoms with Gasteiger partial charge < -0.3 is 0 Å². The lowest BCUT2D eigenvalue weighted by Gasteiger charge is -2.09. The van der Waals surface area contributed by atoms with Crippen molar-refractivity contribution >= 4 is 21.8 Å². The van der Waals surface area contributed by atoms with Crippen molar-refractivity contribution in [2.75, 3.05) is 0 Å². The van der Waals surface area contributed by atoms with E-state index in [-0.39, 0.29) is 0 Å².